The average Bonchev–Trinajstić information content (AvgIpc) is 3.34. The first-order chi connectivity index (χ1) is 14.2. The summed E-state index contributed by atoms with van der Waals surface area (Å²) in [7, 11) is 0. The third-order valence-corrected chi connectivity index (χ3v) is 5.16. The minimum absolute atomic E-state index is 0.0614. The summed E-state index contributed by atoms with van der Waals surface area (Å²) in [6.07, 6.45) is 7.27. The van der Waals surface area contributed by atoms with Crippen molar-refractivity contribution in [2.45, 2.75) is 19.0 Å². The molecule has 2 atom stereocenters. The van der Waals surface area contributed by atoms with Gasteiger partial charge in [-0.3, -0.25) is 14.8 Å². The molecular weight excluding hydrogens is 386 g/mol. The molecule has 1 N–H and O–H groups in total. The molecule has 4 heterocycles. The number of esters is 1. The van der Waals surface area contributed by atoms with E-state index < -0.39 is 0 Å². The zero-order valence-corrected chi connectivity index (χ0v) is 16.7. The number of hydrogen-bond acceptors (Lipinski definition) is 5. The summed E-state index contributed by atoms with van der Waals surface area (Å²) in [4.78, 5) is 22.9. The maximum atomic E-state index is 12.3. The van der Waals surface area contributed by atoms with Crippen molar-refractivity contribution < 1.29 is 9.53 Å². The lowest BCUT2D eigenvalue weighted by Gasteiger charge is -2.28. The predicted molar refractivity (Wildman–Crippen MR) is 112 cm³/mol. The Morgan fingerprint density at radius 2 is 2.10 bits per heavy atom. The third-order valence-electron chi connectivity index (χ3n) is 4.81. The SMILES string of the molecule is CCOC(=O)CN1C(=S)N[C@H](c2ccccn2)[C@@H]1c1cccn1-c1cccnc1. The van der Waals surface area contributed by atoms with Crippen molar-refractivity contribution >= 4 is 23.3 Å². The van der Waals surface area contributed by atoms with Gasteiger partial charge in [-0.25, -0.2) is 0 Å². The summed E-state index contributed by atoms with van der Waals surface area (Å²) >= 11 is 5.59. The molecule has 0 unspecified atom stereocenters. The molecule has 3 aromatic heterocycles. The Balaban J connectivity index is 1.77. The van der Waals surface area contributed by atoms with Crippen LogP contribution in [0.2, 0.25) is 0 Å². The van der Waals surface area contributed by atoms with E-state index in [1.807, 2.05) is 53.6 Å². The van der Waals surface area contributed by atoms with Crippen molar-refractivity contribution in [2.75, 3.05) is 13.2 Å². The van der Waals surface area contributed by atoms with E-state index in [0.29, 0.717) is 11.7 Å². The molecule has 1 saturated heterocycles. The van der Waals surface area contributed by atoms with Crippen LogP contribution < -0.4 is 5.32 Å². The molecule has 0 saturated carbocycles. The highest BCUT2D eigenvalue weighted by molar-refractivity contribution is 7.80. The lowest BCUT2D eigenvalue weighted by molar-refractivity contribution is -0.143. The van der Waals surface area contributed by atoms with Gasteiger partial charge in [-0.05, 0) is 55.5 Å². The van der Waals surface area contributed by atoms with Crippen LogP contribution in [0.1, 0.15) is 30.4 Å². The van der Waals surface area contributed by atoms with Gasteiger partial charge in [-0.15, -0.1) is 0 Å². The molecule has 8 heteroatoms. The number of aromatic nitrogens is 3. The molecular formula is C21H21N5O2S. The maximum absolute atomic E-state index is 12.3. The molecule has 0 radical (unpaired) electrons. The van der Waals surface area contributed by atoms with Gasteiger partial charge in [0, 0.05) is 24.3 Å². The summed E-state index contributed by atoms with van der Waals surface area (Å²) in [6, 6.07) is 13.2. The summed E-state index contributed by atoms with van der Waals surface area (Å²) in [5.74, 6) is -0.317. The number of nitrogens with one attached hydrogen (secondary N) is 1. The van der Waals surface area contributed by atoms with Gasteiger partial charge >= 0.3 is 5.97 Å². The van der Waals surface area contributed by atoms with E-state index in [1.54, 1.807) is 25.5 Å². The number of thiocarbonyl (C=S) groups is 1. The first kappa shape index (κ1) is 19.1. The highest BCUT2D eigenvalue weighted by Gasteiger charge is 2.42. The van der Waals surface area contributed by atoms with Crippen LogP contribution in [0.15, 0.2) is 67.3 Å². The lowest BCUT2D eigenvalue weighted by atomic mass is 10.0. The smallest absolute Gasteiger partial charge is 0.325 e. The van der Waals surface area contributed by atoms with E-state index in [2.05, 4.69) is 19.9 Å². The molecule has 0 spiro atoms. The van der Waals surface area contributed by atoms with Crippen molar-refractivity contribution in [2.24, 2.45) is 0 Å². The summed E-state index contributed by atoms with van der Waals surface area (Å²) < 4.78 is 7.23. The van der Waals surface area contributed by atoms with Crippen molar-refractivity contribution in [3.05, 3.63) is 78.6 Å². The van der Waals surface area contributed by atoms with E-state index in [9.17, 15) is 4.79 Å². The van der Waals surface area contributed by atoms with Crippen molar-refractivity contribution in [3.8, 4) is 5.69 Å². The van der Waals surface area contributed by atoms with Gasteiger partial charge in [0.1, 0.15) is 6.54 Å². The summed E-state index contributed by atoms with van der Waals surface area (Å²) in [6.45, 7) is 2.18. The van der Waals surface area contributed by atoms with Crippen molar-refractivity contribution in [1.29, 1.82) is 0 Å². The fraction of sp³-hybridized carbons (Fsp3) is 0.238. The average molecular weight is 407 g/mol. The van der Waals surface area contributed by atoms with E-state index in [4.69, 9.17) is 17.0 Å². The molecule has 1 fully saturated rings. The number of rotatable bonds is 6. The molecule has 29 heavy (non-hydrogen) atoms. The molecule has 148 valence electrons. The van der Waals surface area contributed by atoms with Gasteiger partial charge in [0.05, 0.1) is 36.3 Å². The zero-order valence-electron chi connectivity index (χ0n) is 15.9. The molecule has 7 nitrogen and oxygen atoms in total. The highest BCUT2D eigenvalue weighted by atomic mass is 32.1. The molecule has 0 bridgehead atoms. The number of hydrogen-bond donors (Lipinski definition) is 1. The number of ether oxygens (including phenoxy) is 1. The monoisotopic (exact) mass is 407 g/mol. The fourth-order valence-corrected chi connectivity index (χ4v) is 3.91. The zero-order chi connectivity index (χ0) is 20.2. The van der Waals surface area contributed by atoms with Crippen LogP contribution in [-0.4, -0.2) is 43.7 Å². The molecule has 0 amide bonds. The first-order valence-electron chi connectivity index (χ1n) is 9.40. The van der Waals surface area contributed by atoms with Crippen LogP contribution in [0, 0.1) is 0 Å². The van der Waals surface area contributed by atoms with Gasteiger partial charge in [-0.2, -0.15) is 0 Å². The Hall–Kier alpha value is -3.26. The molecule has 0 aromatic carbocycles. The Morgan fingerprint density at radius 1 is 1.21 bits per heavy atom. The van der Waals surface area contributed by atoms with E-state index in [1.165, 1.54) is 0 Å². The minimum Gasteiger partial charge on any atom is -0.465 e. The van der Waals surface area contributed by atoms with E-state index in [0.717, 1.165) is 17.1 Å². The van der Waals surface area contributed by atoms with E-state index in [-0.39, 0.29) is 24.6 Å². The van der Waals surface area contributed by atoms with E-state index >= 15 is 0 Å². The number of nitrogens with zero attached hydrogens (tertiary/aromatic N) is 4. The van der Waals surface area contributed by atoms with Crippen LogP contribution in [0.25, 0.3) is 5.69 Å². The fourth-order valence-electron chi connectivity index (χ4n) is 3.61. The number of pyridine rings is 2. The second kappa shape index (κ2) is 8.40. The van der Waals surface area contributed by atoms with Gasteiger partial charge in [0.15, 0.2) is 5.11 Å². The Kier molecular flexibility index (Phi) is 5.53. The predicted octanol–water partition coefficient (Wildman–Crippen LogP) is 2.80. The molecule has 0 aliphatic carbocycles. The second-order valence-corrected chi connectivity index (χ2v) is 6.96. The molecule has 3 aromatic rings. The quantitative estimate of drug-likeness (QED) is 0.498. The maximum Gasteiger partial charge on any atom is 0.325 e. The summed E-state index contributed by atoms with van der Waals surface area (Å²) in [5.41, 5.74) is 2.76. The van der Waals surface area contributed by atoms with Crippen LogP contribution in [-0.2, 0) is 9.53 Å². The molecule has 1 aliphatic rings. The third kappa shape index (κ3) is 3.84. The van der Waals surface area contributed by atoms with Crippen LogP contribution in [0.3, 0.4) is 0 Å². The van der Waals surface area contributed by atoms with Gasteiger partial charge in [-0.1, -0.05) is 6.07 Å². The highest BCUT2D eigenvalue weighted by Crippen LogP contribution is 2.39. The van der Waals surface area contributed by atoms with Crippen LogP contribution in [0.4, 0.5) is 0 Å². The van der Waals surface area contributed by atoms with Gasteiger partial charge in [0.25, 0.3) is 0 Å². The summed E-state index contributed by atoms with van der Waals surface area (Å²) in [5, 5.41) is 3.84. The Morgan fingerprint density at radius 3 is 2.83 bits per heavy atom. The normalized spacial score (nSPS) is 18.5. The van der Waals surface area contributed by atoms with Gasteiger partial charge < -0.3 is 19.5 Å². The second-order valence-electron chi connectivity index (χ2n) is 6.57. The number of carbonyl (C=O) groups is 1. The van der Waals surface area contributed by atoms with Crippen molar-refractivity contribution in [3.63, 3.8) is 0 Å². The standard InChI is InChI=1S/C21H21N5O2S/c1-2-28-18(27)14-26-20(19(24-21(26)29)16-8-3-4-11-23-16)17-9-6-12-25(17)15-7-5-10-22-13-15/h3-13,19-20H,2,14H2,1H3,(H,24,29)/t19-,20+/m1/s1. The Bertz CT molecular complexity index is 993. The number of carbonyl (C=O) groups excluding carboxylic acids is 1. The van der Waals surface area contributed by atoms with Crippen molar-refractivity contribution in [1.82, 2.24) is 24.8 Å². The molecule has 4 rings (SSSR count). The largest absolute Gasteiger partial charge is 0.465 e. The molecule has 1 aliphatic heterocycles. The van der Waals surface area contributed by atoms with Crippen LogP contribution >= 0.6 is 12.2 Å². The lowest BCUT2D eigenvalue weighted by Crippen LogP contribution is -2.36. The van der Waals surface area contributed by atoms with Crippen LogP contribution in [0.5, 0.6) is 0 Å². The topological polar surface area (TPSA) is 72.3 Å². The van der Waals surface area contributed by atoms with Gasteiger partial charge in [0.2, 0.25) is 0 Å². The first-order valence-corrected chi connectivity index (χ1v) is 9.81. The minimum atomic E-state index is -0.317. The Labute approximate surface area is 174 Å².